The second kappa shape index (κ2) is 7.55. The minimum atomic E-state index is -0.800. The number of carboxylic acid groups (broad SMARTS) is 1. The fourth-order valence-corrected chi connectivity index (χ4v) is 8.99. The zero-order chi connectivity index (χ0) is 21.0. The minimum Gasteiger partial charge on any atom is -0.481 e. The first-order valence-corrected chi connectivity index (χ1v) is 12.3. The minimum absolute atomic E-state index is 0.0675. The first-order chi connectivity index (χ1) is 13.7. The maximum atomic E-state index is 12.7. The van der Waals surface area contributed by atoms with E-state index >= 15 is 0 Å². The molecule has 0 aromatic carbocycles. The lowest BCUT2D eigenvalue weighted by Gasteiger charge is -2.58. The molecule has 3 saturated carbocycles. The highest BCUT2D eigenvalue weighted by Crippen LogP contribution is 2.67. The number of carboxylic acids is 1. The second-order valence-corrected chi connectivity index (χ2v) is 11.4. The molecule has 0 heterocycles. The highest BCUT2D eigenvalue weighted by molar-refractivity contribution is 8.04. The zero-order valence-electron chi connectivity index (χ0n) is 18.0. The normalized spacial score (nSPS) is 41.6. The second-order valence-electron chi connectivity index (χ2n) is 10.3. The Morgan fingerprint density at radius 2 is 1.83 bits per heavy atom. The summed E-state index contributed by atoms with van der Waals surface area (Å²) in [4.78, 5) is 36.8. The molecule has 4 rings (SSSR count). The molecular formula is C24H34O4S. The summed E-state index contributed by atoms with van der Waals surface area (Å²) in [6, 6.07) is 0. The van der Waals surface area contributed by atoms with Gasteiger partial charge in [-0.1, -0.05) is 13.8 Å². The van der Waals surface area contributed by atoms with Crippen LogP contribution in [0, 0.1) is 34.5 Å². The molecule has 0 amide bonds. The number of hydrogen-bond acceptors (Lipinski definition) is 4. The molecule has 0 spiro atoms. The molecule has 0 bridgehead atoms. The highest BCUT2D eigenvalue weighted by atomic mass is 32.2. The smallest absolute Gasteiger partial charge is 0.304 e. The number of Topliss-reactive ketones (excluding diaryl/α,β-unsaturated/α-hetero) is 2. The Morgan fingerprint density at radius 3 is 2.52 bits per heavy atom. The fraction of sp³-hybridized carbons (Fsp3) is 0.792. The van der Waals surface area contributed by atoms with Crippen LogP contribution in [0.1, 0.15) is 78.6 Å². The fourth-order valence-electron chi connectivity index (χ4n) is 7.74. The third-order valence-corrected chi connectivity index (χ3v) is 10.3. The molecule has 4 aliphatic carbocycles. The SMILES string of the molecule is CC(=O)C1CCC2C3CCC4=C(SCCC(=O)O)C(=O)CC[C@]4(C)C3CC[C@]12C. The topological polar surface area (TPSA) is 71.4 Å². The van der Waals surface area contributed by atoms with E-state index in [0.717, 1.165) is 43.4 Å². The molecule has 0 aliphatic heterocycles. The molecule has 4 unspecified atom stereocenters. The highest BCUT2D eigenvalue weighted by Gasteiger charge is 2.60. The Balaban J connectivity index is 1.62. The standard InChI is InChI=1S/C24H34O4S/c1-14(25)16-6-7-17-15-4-5-19-22(29-13-10-21(27)28)20(26)9-12-24(19,3)18(15)8-11-23(16,17)2/h15-18H,4-13H2,1-3H3,(H,27,28)/t15?,16?,17?,18?,23-,24-/m1/s1. The third kappa shape index (κ3) is 3.32. The summed E-state index contributed by atoms with van der Waals surface area (Å²) in [5.74, 6) is 2.39. The van der Waals surface area contributed by atoms with Gasteiger partial charge in [0, 0.05) is 18.1 Å². The largest absolute Gasteiger partial charge is 0.481 e. The predicted molar refractivity (Wildman–Crippen MR) is 115 cm³/mol. The van der Waals surface area contributed by atoms with Crippen LogP contribution in [0.15, 0.2) is 10.5 Å². The summed E-state index contributed by atoms with van der Waals surface area (Å²) >= 11 is 1.48. The van der Waals surface area contributed by atoms with Crippen LogP contribution in [0.5, 0.6) is 0 Å². The molecule has 0 aromatic rings. The number of allylic oxidation sites excluding steroid dienone is 1. The van der Waals surface area contributed by atoms with Crippen molar-refractivity contribution in [2.24, 2.45) is 34.5 Å². The van der Waals surface area contributed by atoms with Crippen molar-refractivity contribution >= 4 is 29.3 Å². The van der Waals surface area contributed by atoms with Crippen LogP contribution in [0.3, 0.4) is 0 Å². The predicted octanol–water partition coefficient (Wildman–Crippen LogP) is 5.26. The average Bonchev–Trinajstić information content (AvgIpc) is 3.01. The van der Waals surface area contributed by atoms with Gasteiger partial charge in [-0.15, -0.1) is 11.8 Å². The number of ketones is 2. The van der Waals surface area contributed by atoms with Crippen LogP contribution in [-0.2, 0) is 14.4 Å². The van der Waals surface area contributed by atoms with Gasteiger partial charge in [0.05, 0.1) is 11.3 Å². The van der Waals surface area contributed by atoms with Crippen LogP contribution in [-0.4, -0.2) is 28.4 Å². The number of carbonyl (C=O) groups excluding carboxylic acids is 2. The van der Waals surface area contributed by atoms with E-state index in [4.69, 9.17) is 5.11 Å². The van der Waals surface area contributed by atoms with Crippen LogP contribution < -0.4 is 0 Å². The van der Waals surface area contributed by atoms with Crippen molar-refractivity contribution in [1.29, 1.82) is 0 Å². The summed E-state index contributed by atoms with van der Waals surface area (Å²) < 4.78 is 0. The first-order valence-electron chi connectivity index (χ1n) is 11.3. The van der Waals surface area contributed by atoms with Crippen molar-refractivity contribution in [2.45, 2.75) is 78.6 Å². The molecule has 0 radical (unpaired) electrons. The average molecular weight is 419 g/mol. The van der Waals surface area contributed by atoms with Gasteiger partial charge in [-0.3, -0.25) is 14.4 Å². The number of thioether (sulfide) groups is 1. The van der Waals surface area contributed by atoms with Gasteiger partial charge in [-0.05, 0) is 86.0 Å². The van der Waals surface area contributed by atoms with E-state index in [9.17, 15) is 14.4 Å². The van der Waals surface area contributed by atoms with Gasteiger partial charge in [0.2, 0.25) is 0 Å². The van der Waals surface area contributed by atoms with E-state index in [-0.39, 0.29) is 29.0 Å². The molecule has 0 saturated heterocycles. The van der Waals surface area contributed by atoms with Gasteiger partial charge in [-0.2, -0.15) is 0 Å². The van der Waals surface area contributed by atoms with Gasteiger partial charge in [0.1, 0.15) is 5.78 Å². The molecule has 1 N–H and O–H groups in total. The lowest BCUT2D eigenvalue weighted by Crippen LogP contribution is -2.51. The molecule has 29 heavy (non-hydrogen) atoms. The zero-order valence-corrected chi connectivity index (χ0v) is 18.8. The van der Waals surface area contributed by atoms with Crippen LogP contribution >= 0.6 is 11.8 Å². The number of hydrogen-bond donors (Lipinski definition) is 1. The third-order valence-electron chi connectivity index (χ3n) is 9.12. The molecule has 3 fully saturated rings. The number of rotatable bonds is 5. The van der Waals surface area contributed by atoms with Crippen molar-refractivity contribution in [3.63, 3.8) is 0 Å². The van der Waals surface area contributed by atoms with Gasteiger partial charge < -0.3 is 5.11 Å². The van der Waals surface area contributed by atoms with E-state index < -0.39 is 5.97 Å². The molecule has 4 aliphatic rings. The van der Waals surface area contributed by atoms with Crippen molar-refractivity contribution in [2.75, 3.05) is 5.75 Å². The Labute approximate surface area is 178 Å². The van der Waals surface area contributed by atoms with Crippen molar-refractivity contribution in [3.05, 3.63) is 10.5 Å². The van der Waals surface area contributed by atoms with Crippen molar-refractivity contribution in [3.8, 4) is 0 Å². The van der Waals surface area contributed by atoms with Crippen molar-refractivity contribution in [1.82, 2.24) is 0 Å². The summed E-state index contributed by atoms with van der Waals surface area (Å²) in [5.41, 5.74) is 1.56. The maximum Gasteiger partial charge on any atom is 0.304 e. The molecular weight excluding hydrogens is 384 g/mol. The van der Waals surface area contributed by atoms with Crippen LogP contribution in [0.4, 0.5) is 0 Å². The molecule has 4 nitrogen and oxygen atoms in total. The molecule has 5 heteroatoms. The number of fused-ring (bicyclic) bond motifs is 5. The van der Waals surface area contributed by atoms with Crippen LogP contribution in [0.25, 0.3) is 0 Å². The van der Waals surface area contributed by atoms with E-state index in [1.807, 2.05) is 0 Å². The Morgan fingerprint density at radius 1 is 1.07 bits per heavy atom. The van der Waals surface area contributed by atoms with Crippen LogP contribution in [0.2, 0.25) is 0 Å². The summed E-state index contributed by atoms with van der Waals surface area (Å²) in [5, 5.41) is 8.98. The van der Waals surface area contributed by atoms with Gasteiger partial charge >= 0.3 is 5.97 Å². The van der Waals surface area contributed by atoms with E-state index in [1.165, 1.54) is 23.8 Å². The molecule has 6 atom stereocenters. The number of carbonyl (C=O) groups is 3. The van der Waals surface area contributed by atoms with E-state index in [2.05, 4.69) is 13.8 Å². The quantitative estimate of drug-likeness (QED) is 0.659. The monoisotopic (exact) mass is 418 g/mol. The summed E-state index contributed by atoms with van der Waals surface area (Å²) in [6.07, 6.45) is 8.23. The molecule has 160 valence electrons. The summed E-state index contributed by atoms with van der Waals surface area (Å²) in [6.45, 7) is 6.53. The summed E-state index contributed by atoms with van der Waals surface area (Å²) in [7, 11) is 0. The van der Waals surface area contributed by atoms with Gasteiger partial charge in [-0.25, -0.2) is 0 Å². The number of aliphatic carboxylic acids is 1. The Bertz CT molecular complexity index is 771. The van der Waals surface area contributed by atoms with Gasteiger partial charge in [0.15, 0.2) is 5.78 Å². The lowest BCUT2D eigenvalue weighted by molar-refractivity contribution is -0.136. The van der Waals surface area contributed by atoms with Gasteiger partial charge in [0.25, 0.3) is 0 Å². The van der Waals surface area contributed by atoms with Crippen molar-refractivity contribution < 1.29 is 19.5 Å². The maximum absolute atomic E-state index is 12.7. The Kier molecular flexibility index (Phi) is 5.50. The Hall–Kier alpha value is -1.10. The van der Waals surface area contributed by atoms with E-state index in [0.29, 0.717) is 35.7 Å². The first kappa shape index (κ1) is 21.1. The molecule has 0 aromatic heterocycles. The lowest BCUT2D eigenvalue weighted by atomic mass is 9.46. The van der Waals surface area contributed by atoms with E-state index in [1.54, 1.807) is 6.92 Å².